The number of hydrogen-bond acceptors (Lipinski definition) is 4. The number of hydrogen-bond donors (Lipinski definition) is 0. The second kappa shape index (κ2) is 10.7. The van der Waals surface area contributed by atoms with E-state index < -0.39 is 0 Å². The third kappa shape index (κ3) is 5.08. The number of pyridine rings is 1. The highest BCUT2D eigenvalue weighted by molar-refractivity contribution is 6.36. The average Bonchev–Trinajstić information content (AvgIpc) is 3.53. The quantitative estimate of drug-likeness (QED) is 0.220. The van der Waals surface area contributed by atoms with Crippen molar-refractivity contribution in [3.05, 3.63) is 110 Å². The van der Waals surface area contributed by atoms with Crippen molar-refractivity contribution in [2.24, 2.45) is 0 Å². The highest BCUT2D eigenvalue weighted by atomic mass is 35.5. The highest BCUT2D eigenvalue weighted by Crippen LogP contribution is 2.39. The fourth-order valence-corrected chi connectivity index (χ4v) is 5.95. The van der Waals surface area contributed by atoms with Crippen molar-refractivity contribution in [2.45, 2.75) is 25.9 Å². The third-order valence-electron chi connectivity index (χ3n) is 7.31. The molecule has 5 nitrogen and oxygen atoms in total. The Balaban J connectivity index is 1.51. The monoisotopic (exact) mass is 575 g/mol. The van der Waals surface area contributed by atoms with Gasteiger partial charge in [0.15, 0.2) is 0 Å². The Morgan fingerprint density at radius 2 is 1.33 bits per heavy atom. The summed E-state index contributed by atoms with van der Waals surface area (Å²) in [5, 5.41) is 1.64. The van der Waals surface area contributed by atoms with Crippen molar-refractivity contribution in [2.75, 3.05) is 13.1 Å². The molecule has 1 aromatic heterocycles. The molecule has 0 atom stereocenters. The molecule has 0 aliphatic carbocycles. The maximum absolute atomic E-state index is 13.3. The number of halogens is 3. The summed E-state index contributed by atoms with van der Waals surface area (Å²) < 4.78 is 0. The molecule has 3 aromatic carbocycles. The molecule has 39 heavy (non-hydrogen) atoms. The molecule has 0 radical (unpaired) electrons. The lowest BCUT2D eigenvalue weighted by molar-refractivity contribution is 0.0641. The van der Waals surface area contributed by atoms with Gasteiger partial charge in [0.05, 0.1) is 29.1 Å². The van der Waals surface area contributed by atoms with Gasteiger partial charge in [-0.1, -0.05) is 65.1 Å². The lowest BCUT2D eigenvalue weighted by atomic mass is 9.96. The van der Waals surface area contributed by atoms with Crippen LogP contribution in [0.2, 0.25) is 15.1 Å². The number of aromatic nitrogens is 1. The van der Waals surface area contributed by atoms with E-state index in [4.69, 9.17) is 39.8 Å². The molecule has 1 fully saturated rings. The zero-order chi connectivity index (χ0) is 27.1. The molecular weight excluding hydrogens is 553 g/mol. The minimum Gasteiger partial charge on any atom is -0.298 e. The fraction of sp³-hybridized carbons (Fsp3) is 0.194. The van der Waals surface area contributed by atoms with Gasteiger partial charge in [0.1, 0.15) is 0 Å². The number of carbonyl (C=O) groups is 2. The van der Waals surface area contributed by atoms with Gasteiger partial charge in [-0.3, -0.25) is 24.4 Å². The molecule has 3 heterocycles. The number of amides is 2. The van der Waals surface area contributed by atoms with E-state index in [1.54, 1.807) is 36.4 Å². The number of imide groups is 1. The second-order valence-electron chi connectivity index (χ2n) is 9.85. The molecule has 0 N–H and O–H groups in total. The van der Waals surface area contributed by atoms with Gasteiger partial charge in [-0.2, -0.15) is 0 Å². The Morgan fingerprint density at radius 3 is 1.97 bits per heavy atom. The van der Waals surface area contributed by atoms with Gasteiger partial charge < -0.3 is 0 Å². The van der Waals surface area contributed by atoms with Crippen LogP contribution >= 0.6 is 34.8 Å². The molecule has 2 amide bonds. The van der Waals surface area contributed by atoms with Gasteiger partial charge >= 0.3 is 0 Å². The molecule has 0 bridgehead atoms. The second-order valence-corrected chi connectivity index (χ2v) is 11.1. The van der Waals surface area contributed by atoms with Gasteiger partial charge in [-0.15, -0.1) is 0 Å². The maximum Gasteiger partial charge on any atom is 0.261 e. The Bertz CT molecular complexity index is 1560. The maximum atomic E-state index is 13.3. The van der Waals surface area contributed by atoms with Crippen LogP contribution in [-0.2, 0) is 13.1 Å². The molecule has 2 aliphatic heterocycles. The molecule has 0 saturated carbocycles. The van der Waals surface area contributed by atoms with Crippen LogP contribution in [0.25, 0.3) is 22.4 Å². The molecule has 196 valence electrons. The van der Waals surface area contributed by atoms with E-state index in [2.05, 4.69) is 4.90 Å². The van der Waals surface area contributed by atoms with E-state index in [-0.39, 0.29) is 18.4 Å². The van der Waals surface area contributed by atoms with Crippen molar-refractivity contribution >= 4 is 46.6 Å². The van der Waals surface area contributed by atoms with Crippen molar-refractivity contribution in [3.63, 3.8) is 0 Å². The van der Waals surface area contributed by atoms with E-state index in [1.807, 2.05) is 36.4 Å². The molecule has 4 aromatic rings. The summed E-state index contributed by atoms with van der Waals surface area (Å²) in [4.78, 5) is 35.4. The van der Waals surface area contributed by atoms with Crippen LogP contribution in [0.15, 0.2) is 72.8 Å². The van der Waals surface area contributed by atoms with Crippen molar-refractivity contribution in [3.8, 4) is 22.4 Å². The van der Waals surface area contributed by atoms with Gasteiger partial charge in [0.2, 0.25) is 0 Å². The first-order valence-electron chi connectivity index (χ1n) is 12.8. The summed E-state index contributed by atoms with van der Waals surface area (Å²) in [7, 11) is 0. The van der Waals surface area contributed by atoms with Gasteiger partial charge in [-0.05, 0) is 74.0 Å². The molecule has 8 heteroatoms. The molecule has 0 unspecified atom stereocenters. The van der Waals surface area contributed by atoms with E-state index >= 15 is 0 Å². The van der Waals surface area contributed by atoms with Crippen LogP contribution < -0.4 is 0 Å². The number of fused-ring (bicyclic) bond motifs is 1. The first kappa shape index (κ1) is 26.0. The van der Waals surface area contributed by atoms with E-state index in [0.717, 1.165) is 59.6 Å². The summed E-state index contributed by atoms with van der Waals surface area (Å²) in [6, 6.07) is 21.8. The van der Waals surface area contributed by atoms with Crippen molar-refractivity contribution < 1.29 is 9.59 Å². The first-order valence-corrected chi connectivity index (χ1v) is 13.9. The summed E-state index contributed by atoms with van der Waals surface area (Å²) in [5.41, 5.74) is 5.66. The fourth-order valence-electron chi connectivity index (χ4n) is 5.31. The van der Waals surface area contributed by atoms with Crippen LogP contribution in [0.4, 0.5) is 0 Å². The Morgan fingerprint density at radius 1 is 0.692 bits per heavy atom. The van der Waals surface area contributed by atoms with Crippen molar-refractivity contribution in [1.29, 1.82) is 0 Å². The SMILES string of the molecule is O=C1c2ccccc2C(=O)N1Cc1cc(-c2ccc(Cl)cc2Cl)c(-c2ccc(Cl)cc2)nc1CN1CCCC1. The van der Waals surface area contributed by atoms with Crippen LogP contribution in [0, 0.1) is 0 Å². The highest BCUT2D eigenvalue weighted by Gasteiger charge is 2.36. The minimum atomic E-state index is -0.296. The number of benzene rings is 3. The van der Waals surface area contributed by atoms with E-state index in [0.29, 0.717) is 32.7 Å². The predicted octanol–water partition coefficient (Wildman–Crippen LogP) is 7.77. The van der Waals surface area contributed by atoms with Gasteiger partial charge in [0.25, 0.3) is 11.8 Å². The summed E-state index contributed by atoms with van der Waals surface area (Å²) in [5.74, 6) is -0.592. The van der Waals surface area contributed by atoms with Gasteiger partial charge in [-0.25, -0.2) is 0 Å². The smallest absolute Gasteiger partial charge is 0.261 e. The standard InChI is InChI=1S/C31H24Cl3N3O2/c32-21-9-7-19(8-10-21)29-26(23-12-11-22(33)16-27(23)34)15-20(28(35-29)18-36-13-3-4-14-36)17-37-30(38)24-5-1-2-6-25(24)31(37)39/h1-2,5-12,15-16H,3-4,13-14,17-18H2. The summed E-state index contributed by atoms with van der Waals surface area (Å²) in [6.45, 7) is 2.69. The lowest BCUT2D eigenvalue weighted by Gasteiger charge is -2.23. The Labute approximate surface area is 241 Å². The Hall–Kier alpha value is -3.22. The molecular formula is C31H24Cl3N3O2. The predicted molar refractivity (Wildman–Crippen MR) is 155 cm³/mol. The Kier molecular flexibility index (Phi) is 7.17. The number of likely N-dealkylation sites (tertiary alicyclic amines) is 1. The van der Waals surface area contributed by atoms with E-state index in [1.165, 1.54) is 4.90 Å². The topological polar surface area (TPSA) is 53.5 Å². The largest absolute Gasteiger partial charge is 0.298 e. The summed E-state index contributed by atoms with van der Waals surface area (Å²) in [6.07, 6.45) is 2.27. The number of nitrogens with zero attached hydrogens (tertiary/aromatic N) is 3. The van der Waals surface area contributed by atoms with Crippen LogP contribution in [0.3, 0.4) is 0 Å². The van der Waals surface area contributed by atoms with Crippen LogP contribution in [-0.4, -0.2) is 39.7 Å². The molecule has 1 saturated heterocycles. The van der Waals surface area contributed by atoms with Crippen LogP contribution in [0.5, 0.6) is 0 Å². The van der Waals surface area contributed by atoms with Crippen molar-refractivity contribution in [1.82, 2.24) is 14.8 Å². The first-order chi connectivity index (χ1) is 18.9. The molecule has 0 spiro atoms. The zero-order valence-electron chi connectivity index (χ0n) is 21.0. The lowest BCUT2D eigenvalue weighted by Crippen LogP contribution is -2.30. The zero-order valence-corrected chi connectivity index (χ0v) is 23.2. The third-order valence-corrected chi connectivity index (χ3v) is 8.11. The minimum absolute atomic E-state index is 0.113. The summed E-state index contributed by atoms with van der Waals surface area (Å²) >= 11 is 19.1. The average molecular weight is 577 g/mol. The molecule has 2 aliphatic rings. The van der Waals surface area contributed by atoms with E-state index in [9.17, 15) is 9.59 Å². The normalized spacial score (nSPS) is 15.3. The molecule has 6 rings (SSSR count). The number of rotatable bonds is 6. The van der Waals surface area contributed by atoms with Gasteiger partial charge in [0, 0.05) is 38.3 Å². The number of carbonyl (C=O) groups excluding carboxylic acids is 2. The van der Waals surface area contributed by atoms with Crippen LogP contribution in [0.1, 0.15) is 44.8 Å².